The number of hydrogen-bond acceptors (Lipinski definition) is 4. The number of thiophene rings is 1. The monoisotopic (exact) mass is 360 g/mol. The summed E-state index contributed by atoms with van der Waals surface area (Å²) in [5, 5.41) is 15.8. The van der Waals surface area contributed by atoms with Crippen LogP contribution in [0.25, 0.3) is 0 Å². The summed E-state index contributed by atoms with van der Waals surface area (Å²) in [6, 6.07) is 10.3. The summed E-state index contributed by atoms with van der Waals surface area (Å²) in [5.74, 6) is 0.396. The van der Waals surface area contributed by atoms with Crippen LogP contribution in [0.5, 0.6) is 5.75 Å². The van der Waals surface area contributed by atoms with E-state index in [0.717, 1.165) is 31.7 Å². The first-order valence-corrected chi connectivity index (χ1v) is 7.91. The average Bonchev–Trinajstić information content (AvgIpc) is 2.98. The second kappa shape index (κ2) is 8.75. The third-order valence-electron chi connectivity index (χ3n) is 3.81. The Morgan fingerprint density at radius 3 is 2.55 bits per heavy atom. The summed E-state index contributed by atoms with van der Waals surface area (Å²) in [6.07, 6.45) is 0. The van der Waals surface area contributed by atoms with Gasteiger partial charge in [-0.05, 0) is 24.4 Å². The number of halogens is 2. The zero-order valence-electron chi connectivity index (χ0n) is 12.5. The minimum atomic E-state index is 0. The molecule has 1 atom stereocenters. The molecule has 122 valence electrons. The molecule has 1 fully saturated rings. The summed E-state index contributed by atoms with van der Waals surface area (Å²) in [7, 11) is 0. The topological polar surface area (TPSA) is 35.5 Å². The van der Waals surface area contributed by atoms with Gasteiger partial charge in [-0.1, -0.05) is 23.8 Å². The van der Waals surface area contributed by atoms with E-state index in [0.29, 0.717) is 5.75 Å². The molecule has 0 spiro atoms. The predicted octanol–water partition coefficient (Wildman–Crippen LogP) is 3.60. The van der Waals surface area contributed by atoms with Crippen molar-refractivity contribution in [1.82, 2.24) is 10.2 Å². The van der Waals surface area contributed by atoms with Gasteiger partial charge in [0.25, 0.3) is 0 Å². The lowest BCUT2D eigenvalue weighted by Gasteiger charge is -2.35. The van der Waals surface area contributed by atoms with E-state index >= 15 is 0 Å². The van der Waals surface area contributed by atoms with E-state index in [-0.39, 0.29) is 30.9 Å². The number of aromatic hydroxyl groups is 1. The van der Waals surface area contributed by atoms with Crippen molar-refractivity contribution in [2.75, 3.05) is 26.2 Å². The van der Waals surface area contributed by atoms with Crippen LogP contribution in [0.4, 0.5) is 0 Å². The maximum Gasteiger partial charge on any atom is 0.120 e. The summed E-state index contributed by atoms with van der Waals surface area (Å²) < 4.78 is 0. The molecule has 3 nitrogen and oxygen atoms in total. The number of aryl methyl sites for hydroxylation is 1. The smallest absolute Gasteiger partial charge is 0.120 e. The largest absolute Gasteiger partial charge is 0.508 e. The number of benzene rings is 1. The number of phenols is 1. The number of nitrogens with one attached hydrogen (secondary N) is 1. The molecular weight excluding hydrogens is 339 g/mol. The fraction of sp³-hybridized carbons (Fsp3) is 0.375. The van der Waals surface area contributed by atoms with Crippen molar-refractivity contribution in [1.29, 1.82) is 0 Å². The van der Waals surface area contributed by atoms with Gasteiger partial charge < -0.3 is 10.4 Å². The average molecular weight is 361 g/mol. The van der Waals surface area contributed by atoms with Crippen LogP contribution in [-0.4, -0.2) is 36.2 Å². The molecule has 1 aromatic heterocycles. The van der Waals surface area contributed by atoms with Crippen LogP contribution in [0.2, 0.25) is 0 Å². The Morgan fingerprint density at radius 1 is 1.18 bits per heavy atom. The molecule has 0 saturated carbocycles. The molecular formula is C16H22Cl2N2OS. The maximum absolute atomic E-state index is 10.3. The molecule has 0 unspecified atom stereocenters. The van der Waals surface area contributed by atoms with Crippen molar-refractivity contribution in [2.45, 2.75) is 13.0 Å². The van der Waals surface area contributed by atoms with Crippen molar-refractivity contribution in [3.05, 3.63) is 51.7 Å². The highest BCUT2D eigenvalue weighted by atomic mass is 35.5. The molecule has 1 aliphatic rings. The quantitative estimate of drug-likeness (QED) is 0.877. The summed E-state index contributed by atoms with van der Waals surface area (Å²) in [5.41, 5.74) is 2.21. The minimum absolute atomic E-state index is 0. The van der Waals surface area contributed by atoms with Crippen molar-refractivity contribution < 1.29 is 5.11 Å². The van der Waals surface area contributed by atoms with Crippen molar-refractivity contribution in [2.24, 2.45) is 0 Å². The van der Waals surface area contributed by atoms with Gasteiger partial charge >= 0.3 is 0 Å². The lowest BCUT2D eigenvalue weighted by Crippen LogP contribution is -2.45. The third kappa shape index (κ3) is 4.15. The first kappa shape index (κ1) is 19.3. The van der Waals surface area contributed by atoms with Crippen LogP contribution in [0.15, 0.2) is 35.7 Å². The molecule has 22 heavy (non-hydrogen) atoms. The minimum Gasteiger partial charge on any atom is -0.508 e. The fourth-order valence-corrected chi connectivity index (χ4v) is 3.69. The second-order valence-corrected chi connectivity index (χ2v) is 6.25. The predicted molar refractivity (Wildman–Crippen MR) is 97.9 cm³/mol. The van der Waals surface area contributed by atoms with Crippen molar-refractivity contribution in [3.63, 3.8) is 0 Å². The van der Waals surface area contributed by atoms with Crippen LogP contribution >= 0.6 is 36.2 Å². The van der Waals surface area contributed by atoms with Gasteiger partial charge in [-0.25, -0.2) is 0 Å². The Morgan fingerprint density at radius 2 is 1.91 bits per heavy atom. The molecule has 2 heterocycles. The number of hydrogen-bond donors (Lipinski definition) is 2. The number of nitrogens with zero attached hydrogens (tertiary/aromatic N) is 1. The van der Waals surface area contributed by atoms with Crippen LogP contribution in [0, 0.1) is 6.92 Å². The van der Waals surface area contributed by atoms with E-state index in [1.165, 1.54) is 10.4 Å². The fourth-order valence-electron chi connectivity index (χ4n) is 2.81. The van der Waals surface area contributed by atoms with E-state index in [1.54, 1.807) is 11.3 Å². The normalized spacial score (nSPS) is 16.4. The number of rotatable bonds is 3. The summed E-state index contributed by atoms with van der Waals surface area (Å²) >= 11 is 1.76. The molecule has 1 aliphatic heterocycles. The Bertz CT molecular complexity index is 572. The van der Waals surface area contributed by atoms with Crippen molar-refractivity contribution in [3.8, 4) is 5.75 Å². The highest BCUT2D eigenvalue weighted by Gasteiger charge is 2.26. The van der Waals surface area contributed by atoms with Crippen LogP contribution in [-0.2, 0) is 0 Å². The molecule has 0 bridgehead atoms. The van der Waals surface area contributed by atoms with Gasteiger partial charge in [-0.2, -0.15) is 0 Å². The molecule has 0 radical (unpaired) electrons. The summed E-state index contributed by atoms with van der Waals surface area (Å²) in [4.78, 5) is 3.75. The van der Waals surface area contributed by atoms with Gasteiger partial charge in [0.1, 0.15) is 5.75 Å². The Hall–Kier alpha value is -0.780. The van der Waals surface area contributed by atoms with Gasteiger partial charge in [0.05, 0.1) is 6.04 Å². The van der Waals surface area contributed by atoms with Gasteiger partial charge in [0.15, 0.2) is 0 Å². The summed E-state index contributed by atoms with van der Waals surface area (Å²) in [6.45, 7) is 6.11. The lowest BCUT2D eigenvalue weighted by atomic mass is 9.99. The molecule has 0 amide bonds. The van der Waals surface area contributed by atoms with Crippen LogP contribution < -0.4 is 5.32 Å². The first-order valence-electron chi connectivity index (χ1n) is 7.03. The molecule has 2 N–H and O–H groups in total. The maximum atomic E-state index is 10.3. The first-order chi connectivity index (χ1) is 9.75. The number of piperazine rings is 1. The lowest BCUT2D eigenvalue weighted by molar-refractivity contribution is 0.198. The zero-order chi connectivity index (χ0) is 13.9. The van der Waals surface area contributed by atoms with E-state index < -0.39 is 0 Å². The zero-order valence-corrected chi connectivity index (χ0v) is 14.9. The molecule has 1 aromatic carbocycles. The molecule has 1 saturated heterocycles. The van der Waals surface area contributed by atoms with E-state index in [4.69, 9.17) is 0 Å². The Balaban J connectivity index is 0.00000121. The van der Waals surface area contributed by atoms with E-state index in [9.17, 15) is 5.11 Å². The molecule has 6 heteroatoms. The van der Waals surface area contributed by atoms with Crippen LogP contribution in [0.1, 0.15) is 22.0 Å². The standard InChI is InChI=1S/C16H20N2OS.2ClH/c1-12-4-5-14(19)13(11-12)16(15-3-2-10-20-15)18-8-6-17-7-9-18;;/h2-5,10-11,16-17,19H,6-9H2,1H3;2*1H/t16-;;/m0../s1. The molecule has 3 rings (SSSR count). The molecule has 0 aliphatic carbocycles. The second-order valence-electron chi connectivity index (χ2n) is 5.27. The highest BCUT2D eigenvalue weighted by molar-refractivity contribution is 7.10. The van der Waals surface area contributed by atoms with Gasteiger partial charge in [0.2, 0.25) is 0 Å². The Labute approximate surface area is 148 Å². The van der Waals surface area contributed by atoms with Crippen LogP contribution in [0.3, 0.4) is 0 Å². The van der Waals surface area contributed by atoms with Gasteiger partial charge in [-0.15, -0.1) is 36.2 Å². The molecule has 2 aromatic rings. The van der Waals surface area contributed by atoms with Gasteiger partial charge in [0, 0.05) is 36.6 Å². The van der Waals surface area contributed by atoms with E-state index in [1.807, 2.05) is 12.1 Å². The Kier molecular flexibility index (Phi) is 7.66. The van der Waals surface area contributed by atoms with Crippen molar-refractivity contribution >= 4 is 36.2 Å². The highest BCUT2D eigenvalue weighted by Crippen LogP contribution is 2.36. The van der Waals surface area contributed by atoms with Gasteiger partial charge in [-0.3, -0.25) is 4.90 Å². The van der Waals surface area contributed by atoms with E-state index in [2.05, 4.69) is 40.7 Å². The number of phenolic OH excluding ortho intramolecular Hbond substituents is 1. The SMILES string of the molecule is Cc1ccc(O)c([C@@H](c2cccs2)N2CCNCC2)c1.Cl.Cl. The third-order valence-corrected chi connectivity index (χ3v) is 4.73.